The Kier molecular flexibility index (Phi) is 5.33. The van der Waals surface area contributed by atoms with E-state index in [9.17, 15) is 4.79 Å². The third kappa shape index (κ3) is 4.19. The second-order valence-corrected chi connectivity index (χ2v) is 7.29. The number of para-hydroxylation sites is 1. The first-order chi connectivity index (χ1) is 13.7. The molecule has 3 aromatic rings. The number of amides is 1. The molecule has 5 nitrogen and oxygen atoms in total. The van der Waals surface area contributed by atoms with E-state index in [4.69, 9.17) is 0 Å². The zero-order valence-electron chi connectivity index (χ0n) is 16.0. The average Bonchev–Trinajstić information content (AvgIpc) is 2.75. The topological polar surface area (TPSA) is 58.1 Å². The Hall–Kier alpha value is -3.21. The van der Waals surface area contributed by atoms with Gasteiger partial charge >= 0.3 is 0 Å². The highest BCUT2D eigenvalue weighted by molar-refractivity contribution is 5.93. The molecule has 1 amide bonds. The van der Waals surface area contributed by atoms with E-state index in [1.165, 1.54) is 5.56 Å². The SMILES string of the molecule is Cc1cccc(-c2ccc(N3CCCC(C(=O)Nc4ccccc4)C3)nn2)c1. The highest BCUT2D eigenvalue weighted by Gasteiger charge is 2.26. The minimum Gasteiger partial charge on any atom is -0.354 e. The van der Waals surface area contributed by atoms with Gasteiger partial charge in [-0.2, -0.15) is 0 Å². The third-order valence-corrected chi connectivity index (χ3v) is 5.12. The van der Waals surface area contributed by atoms with Crippen LogP contribution in [0.15, 0.2) is 66.7 Å². The van der Waals surface area contributed by atoms with E-state index in [2.05, 4.69) is 39.5 Å². The Bertz CT molecular complexity index is 940. The van der Waals surface area contributed by atoms with Crippen molar-refractivity contribution in [3.63, 3.8) is 0 Å². The van der Waals surface area contributed by atoms with E-state index < -0.39 is 0 Å². The Labute approximate surface area is 165 Å². The number of nitrogens with zero attached hydrogens (tertiary/aromatic N) is 3. The number of piperidine rings is 1. The van der Waals surface area contributed by atoms with Crippen LogP contribution in [-0.2, 0) is 4.79 Å². The van der Waals surface area contributed by atoms with E-state index >= 15 is 0 Å². The number of benzene rings is 2. The van der Waals surface area contributed by atoms with E-state index in [-0.39, 0.29) is 11.8 Å². The Morgan fingerprint density at radius 2 is 1.89 bits per heavy atom. The molecule has 1 aliphatic heterocycles. The van der Waals surface area contributed by atoms with Crippen LogP contribution in [0.4, 0.5) is 11.5 Å². The summed E-state index contributed by atoms with van der Waals surface area (Å²) < 4.78 is 0. The molecule has 0 aliphatic carbocycles. The molecule has 0 saturated carbocycles. The monoisotopic (exact) mass is 372 g/mol. The number of carbonyl (C=O) groups is 1. The summed E-state index contributed by atoms with van der Waals surface area (Å²) in [6.07, 6.45) is 1.86. The molecule has 1 atom stereocenters. The van der Waals surface area contributed by atoms with Crippen LogP contribution in [0.25, 0.3) is 11.3 Å². The fourth-order valence-electron chi connectivity index (χ4n) is 3.62. The first-order valence-electron chi connectivity index (χ1n) is 9.71. The molecule has 0 radical (unpaired) electrons. The van der Waals surface area contributed by atoms with Crippen LogP contribution in [0.3, 0.4) is 0 Å². The normalized spacial score (nSPS) is 16.6. The highest BCUT2D eigenvalue weighted by atomic mass is 16.1. The van der Waals surface area contributed by atoms with Crippen molar-refractivity contribution in [2.75, 3.05) is 23.3 Å². The summed E-state index contributed by atoms with van der Waals surface area (Å²) in [6.45, 7) is 3.63. The quantitative estimate of drug-likeness (QED) is 0.741. The lowest BCUT2D eigenvalue weighted by atomic mass is 9.97. The molecule has 2 aromatic carbocycles. The summed E-state index contributed by atoms with van der Waals surface area (Å²) in [6, 6.07) is 21.9. The maximum Gasteiger partial charge on any atom is 0.229 e. The maximum absolute atomic E-state index is 12.6. The minimum absolute atomic E-state index is 0.0489. The molecule has 1 N–H and O–H groups in total. The molecule has 4 rings (SSSR count). The van der Waals surface area contributed by atoms with Crippen LogP contribution in [0.2, 0.25) is 0 Å². The van der Waals surface area contributed by atoms with Crippen LogP contribution in [-0.4, -0.2) is 29.2 Å². The zero-order valence-corrected chi connectivity index (χ0v) is 16.0. The zero-order chi connectivity index (χ0) is 19.3. The van der Waals surface area contributed by atoms with Gasteiger partial charge in [0.25, 0.3) is 0 Å². The number of aryl methyl sites for hydroxylation is 1. The van der Waals surface area contributed by atoms with Gasteiger partial charge in [0.15, 0.2) is 5.82 Å². The van der Waals surface area contributed by atoms with E-state index in [1.54, 1.807) is 0 Å². The van der Waals surface area contributed by atoms with Gasteiger partial charge in [0.05, 0.1) is 11.6 Å². The summed E-state index contributed by atoms with van der Waals surface area (Å²) in [5, 5.41) is 11.9. The van der Waals surface area contributed by atoms with Crippen molar-refractivity contribution >= 4 is 17.4 Å². The molecule has 0 spiro atoms. The standard InChI is InChI=1S/C23H24N4O/c1-17-7-5-8-18(15-17)21-12-13-22(26-25-21)27-14-6-9-19(16-27)23(28)24-20-10-3-2-4-11-20/h2-5,7-8,10-13,15,19H,6,9,14,16H2,1H3,(H,24,28). The van der Waals surface area contributed by atoms with Gasteiger partial charge in [-0.3, -0.25) is 4.79 Å². The maximum atomic E-state index is 12.6. The summed E-state index contributed by atoms with van der Waals surface area (Å²) in [4.78, 5) is 14.8. The average molecular weight is 372 g/mol. The van der Waals surface area contributed by atoms with Gasteiger partial charge in [0, 0.05) is 24.3 Å². The Balaban J connectivity index is 1.43. The molecular formula is C23H24N4O. The molecule has 1 aromatic heterocycles. The number of aromatic nitrogens is 2. The fraction of sp³-hybridized carbons (Fsp3) is 0.261. The third-order valence-electron chi connectivity index (χ3n) is 5.12. The van der Waals surface area contributed by atoms with Crippen LogP contribution >= 0.6 is 0 Å². The van der Waals surface area contributed by atoms with E-state index in [0.717, 1.165) is 42.1 Å². The highest BCUT2D eigenvalue weighted by Crippen LogP contribution is 2.24. The van der Waals surface area contributed by atoms with E-state index in [0.29, 0.717) is 6.54 Å². The number of hydrogen-bond donors (Lipinski definition) is 1. The van der Waals surface area contributed by atoms with Gasteiger partial charge in [-0.25, -0.2) is 0 Å². The number of anilines is 2. The van der Waals surface area contributed by atoms with Crippen LogP contribution in [0.5, 0.6) is 0 Å². The van der Waals surface area contributed by atoms with Gasteiger partial charge in [0.2, 0.25) is 5.91 Å². The Morgan fingerprint density at radius 3 is 2.64 bits per heavy atom. The number of nitrogens with one attached hydrogen (secondary N) is 1. The van der Waals surface area contributed by atoms with Gasteiger partial charge in [0.1, 0.15) is 0 Å². The lowest BCUT2D eigenvalue weighted by Gasteiger charge is -2.32. The predicted molar refractivity (Wildman–Crippen MR) is 112 cm³/mol. The lowest BCUT2D eigenvalue weighted by molar-refractivity contribution is -0.120. The second-order valence-electron chi connectivity index (χ2n) is 7.29. The predicted octanol–water partition coefficient (Wildman–Crippen LogP) is 4.31. The molecule has 1 saturated heterocycles. The summed E-state index contributed by atoms with van der Waals surface area (Å²) >= 11 is 0. The number of hydrogen-bond acceptors (Lipinski definition) is 4. The first kappa shape index (κ1) is 18.2. The van der Waals surface area contributed by atoms with Crippen molar-refractivity contribution < 1.29 is 4.79 Å². The van der Waals surface area contributed by atoms with E-state index in [1.807, 2.05) is 54.6 Å². The fourth-order valence-corrected chi connectivity index (χ4v) is 3.62. The van der Waals surface area contributed by atoms with Gasteiger partial charge in [-0.15, -0.1) is 10.2 Å². The first-order valence-corrected chi connectivity index (χ1v) is 9.71. The summed E-state index contributed by atoms with van der Waals surface area (Å²) in [5.41, 5.74) is 3.97. The minimum atomic E-state index is -0.0489. The summed E-state index contributed by atoms with van der Waals surface area (Å²) in [5.74, 6) is 0.848. The smallest absolute Gasteiger partial charge is 0.229 e. The molecule has 0 bridgehead atoms. The van der Waals surface area contributed by atoms with Crippen LogP contribution in [0.1, 0.15) is 18.4 Å². The molecule has 28 heavy (non-hydrogen) atoms. The van der Waals surface area contributed by atoms with Gasteiger partial charge in [-0.05, 0) is 50.1 Å². The van der Waals surface area contributed by atoms with Crippen molar-refractivity contribution in [2.45, 2.75) is 19.8 Å². The van der Waals surface area contributed by atoms with Gasteiger partial charge < -0.3 is 10.2 Å². The molecule has 5 heteroatoms. The van der Waals surface area contributed by atoms with Gasteiger partial charge in [-0.1, -0.05) is 42.0 Å². The van der Waals surface area contributed by atoms with Crippen molar-refractivity contribution in [2.24, 2.45) is 5.92 Å². The van der Waals surface area contributed by atoms with Crippen LogP contribution in [0, 0.1) is 12.8 Å². The molecule has 1 unspecified atom stereocenters. The molecule has 2 heterocycles. The second kappa shape index (κ2) is 8.21. The van der Waals surface area contributed by atoms with Crippen molar-refractivity contribution in [1.29, 1.82) is 0 Å². The van der Waals surface area contributed by atoms with Crippen molar-refractivity contribution in [1.82, 2.24) is 10.2 Å². The molecule has 142 valence electrons. The van der Waals surface area contributed by atoms with Crippen molar-refractivity contribution in [3.05, 3.63) is 72.3 Å². The van der Waals surface area contributed by atoms with Crippen molar-refractivity contribution in [3.8, 4) is 11.3 Å². The number of rotatable bonds is 4. The molecule has 1 fully saturated rings. The molecule has 1 aliphatic rings. The number of carbonyl (C=O) groups excluding carboxylic acids is 1. The largest absolute Gasteiger partial charge is 0.354 e. The summed E-state index contributed by atoms with van der Waals surface area (Å²) in [7, 11) is 0. The molecular weight excluding hydrogens is 348 g/mol. The lowest BCUT2D eigenvalue weighted by Crippen LogP contribution is -2.41. The van der Waals surface area contributed by atoms with Crippen LogP contribution < -0.4 is 10.2 Å². The Morgan fingerprint density at radius 1 is 1.04 bits per heavy atom.